The van der Waals surface area contributed by atoms with Gasteiger partial charge >= 0.3 is 0 Å². The van der Waals surface area contributed by atoms with E-state index in [0.29, 0.717) is 0 Å². The molecule has 2 fully saturated rings. The molecule has 2 nitrogen and oxygen atoms in total. The first-order chi connectivity index (χ1) is 8.99. The fraction of sp³-hybridized carbons (Fsp3) is 1.00. The lowest BCUT2D eigenvalue weighted by Crippen LogP contribution is -2.40. The van der Waals surface area contributed by atoms with Crippen LogP contribution in [-0.4, -0.2) is 36.6 Å². The lowest BCUT2D eigenvalue weighted by atomic mass is 9.77. The predicted molar refractivity (Wildman–Crippen MR) is 83.6 cm³/mol. The minimum absolute atomic E-state index is 0.278. The van der Waals surface area contributed by atoms with E-state index >= 15 is 0 Å². The summed E-state index contributed by atoms with van der Waals surface area (Å²) in [6.07, 6.45) is 11.7. The van der Waals surface area contributed by atoms with Crippen molar-refractivity contribution in [3.05, 3.63) is 0 Å². The maximum Gasteiger partial charge on any atom is 0.00965 e. The summed E-state index contributed by atoms with van der Waals surface area (Å²) < 4.78 is 0. The first-order valence-electron chi connectivity index (χ1n) is 8.47. The van der Waals surface area contributed by atoms with Crippen LogP contribution in [0.25, 0.3) is 0 Å². The summed E-state index contributed by atoms with van der Waals surface area (Å²) in [5.74, 6) is 0. The summed E-state index contributed by atoms with van der Waals surface area (Å²) in [5.41, 5.74) is 1.06. The molecule has 1 saturated heterocycles. The van der Waals surface area contributed by atoms with Crippen LogP contribution in [0.1, 0.15) is 72.1 Å². The molecule has 1 spiro atoms. The Morgan fingerprint density at radius 2 is 1.58 bits per heavy atom. The van der Waals surface area contributed by atoms with E-state index in [0.717, 1.165) is 5.41 Å². The van der Waals surface area contributed by atoms with Crippen molar-refractivity contribution >= 4 is 0 Å². The molecular weight excluding hydrogens is 232 g/mol. The van der Waals surface area contributed by atoms with Crippen LogP contribution in [0.3, 0.4) is 0 Å². The monoisotopic (exact) mass is 266 g/mol. The third-order valence-electron chi connectivity index (χ3n) is 5.14. The molecule has 2 rings (SSSR count). The van der Waals surface area contributed by atoms with Crippen LogP contribution < -0.4 is 5.32 Å². The van der Waals surface area contributed by atoms with Crippen molar-refractivity contribution in [1.29, 1.82) is 0 Å². The average Bonchev–Trinajstić information content (AvgIpc) is 2.79. The number of piperidine rings is 1. The van der Waals surface area contributed by atoms with Gasteiger partial charge in [0.15, 0.2) is 0 Å². The Kier molecular flexibility index (Phi) is 5.30. The van der Waals surface area contributed by atoms with E-state index in [-0.39, 0.29) is 5.54 Å². The molecule has 0 atom stereocenters. The van der Waals surface area contributed by atoms with Crippen molar-refractivity contribution in [2.24, 2.45) is 5.41 Å². The molecular formula is C17H34N2. The Hall–Kier alpha value is -0.0800. The second-order valence-corrected chi connectivity index (χ2v) is 7.93. The van der Waals surface area contributed by atoms with Gasteiger partial charge in [0.05, 0.1) is 0 Å². The summed E-state index contributed by atoms with van der Waals surface area (Å²) in [4.78, 5) is 2.71. The Morgan fingerprint density at radius 3 is 2.16 bits per heavy atom. The number of nitrogens with one attached hydrogen (secondary N) is 1. The van der Waals surface area contributed by atoms with Crippen molar-refractivity contribution < 1.29 is 0 Å². The largest absolute Gasteiger partial charge is 0.312 e. The summed E-state index contributed by atoms with van der Waals surface area (Å²) >= 11 is 0. The molecule has 0 aromatic heterocycles. The van der Waals surface area contributed by atoms with E-state index in [1.54, 1.807) is 0 Å². The molecule has 1 saturated carbocycles. The van der Waals surface area contributed by atoms with Crippen molar-refractivity contribution in [3.8, 4) is 0 Å². The smallest absolute Gasteiger partial charge is 0.00965 e. The molecule has 0 radical (unpaired) electrons. The summed E-state index contributed by atoms with van der Waals surface area (Å²) in [7, 11) is 0. The fourth-order valence-corrected chi connectivity index (χ4v) is 3.80. The average molecular weight is 266 g/mol. The van der Waals surface area contributed by atoms with Gasteiger partial charge in [0.25, 0.3) is 0 Å². The first kappa shape index (κ1) is 15.3. The number of nitrogens with zero attached hydrogens (tertiary/aromatic N) is 1. The molecule has 1 heterocycles. The number of rotatable bonds is 5. The SMILES string of the molecule is CC(C)(C)NCCCCN1CCC2(CCCC2)CC1. The second kappa shape index (κ2) is 6.58. The molecule has 19 heavy (non-hydrogen) atoms. The topological polar surface area (TPSA) is 15.3 Å². The third kappa shape index (κ3) is 5.07. The summed E-state index contributed by atoms with van der Waals surface area (Å²) in [5, 5.41) is 3.58. The van der Waals surface area contributed by atoms with Crippen LogP contribution >= 0.6 is 0 Å². The predicted octanol–water partition coefficient (Wildman–Crippen LogP) is 3.81. The van der Waals surface area contributed by atoms with Gasteiger partial charge in [-0.1, -0.05) is 12.8 Å². The van der Waals surface area contributed by atoms with Gasteiger partial charge in [0.2, 0.25) is 0 Å². The number of likely N-dealkylation sites (tertiary alicyclic amines) is 1. The van der Waals surface area contributed by atoms with Gasteiger partial charge in [-0.05, 0) is 90.9 Å². The number of unbranched alkanes of at least 4 members (excludes halogenated alkanes) is 1. The molecule has 0 bridgehead atoms. The van der Waals surface area contributed by atoms with Gasteiger partial charge in [-0.15, -0.1) is 0 Å². The lowest BCUT2D eigenvalue weighted by molar-refractivity contribution is 0.107. The Bertz CT molecular complexity index is 251. The van der Waals surface area contributed by atoms with Crippen molar-refractivity contribution in [2.75, 3.05) is 26.2 Å². The minimum atomic E-state index is 0.278. The van der Waals surface area contributed by atoms with Crippen molar-refractivity contribution in [1.82, 2.24) is 10.2 Å². The van der Waals surface area contributed by atoms with Gasteiger partial charge in [0, 0.05) is 5.54 Å². The first-order valence-corrected chi connectivity index (χ1v) is 8.47. The highest BCUT2D eigenvalue weighted by Crippen LogP contribution is 2.46. The van der Waals surface area contributed by atoms with E-state index in [4.69, 9.17) is 0 Å². The molecule has 0 aromatic rings. The highest BCUT2D eigenvalue weighted by atomic mass is 15.1. The fourth-order valence-electron chi connectivity index (χ4n) is 3.80. The molecule has 1 N–H and O–H groups in total. The Labute approximate surface area is 120 Å². The molecule has 1 aliphatic heterocycles. The molecule has 2 aliphatic rings. The van der Waals surface area contributed by atoms with Gasteiger partial charge in [-0.2, -0.15) is 0 Å². The van der Waals surface area contributed by atoms with Crippen LogP contribution in [0.15, 0.2) is 0 Å². The molecule has 0 amide bonds. The van der Waals surface area contributed by atoms with E-state index in [2.05, 4.69) is 31.0 Å². The molecule has 1 aliphatic carbocycles. The van der Waals surface area contributed by atoms with Gasteiger partial charge in [0.1, 0.15) is 0 Å². The van der Waals surface area contributed by atoms with E-state index in [1.807, 2.05) is 0 Å². The summed E-state index contributed by atoms with van der Waals surface area (Å²) in [6.45, 7) is 12.0. The maximum absolute atomic E-state index is 3.58. The molecule has 112 valence electrons. The second-order valence-electron chi connectivity index (χ2n) is 7.93. The van der Waals surface area contributed by atoms with Gasteiger partial charge in [-0.25, -0.2) is 0 Å². The van der Waals surface area contributed by atoms with Crippen LogP contribution in [0.5, 0.6) is 0 Å². The van der Waals surface area contributed by atoms with E-state index in [1.165, 1.54) is 77.5 Å². The summed E-state index contributed by atoms with van der Waals surface area (Å²) in [6, 6.07) is 0. The van der Waals surface area contributed by atoms with Crippen LogP contribution in [0.2, 0.25) is 0 Å². The number of hydrogen-bond acceptors (Lipinski definition) is 2. The normalized spacial score (nSPS) is 24.2. The van der Waals surface area contributed by atoms with Gasteiger partial charge in [-0.3, -0.25) is 0 Å². The van der Waals surface area contributed by atoms with Crippen LogP contribution in [0.4, 0.5) is 0 Å². The highest BCUT2D eigenvalue weighted by Gasteiger charge is 2.36. The minimum Gasteiger partial charge on any atom is -0.312 e. The molecule has 2 heteroatoms. The van der Waals surface area contributed by atoms with Crippen LogP contribution in [0, 0.1) is 5.41 Å². The Balaban J connectivity index is 1.54. The van der Waals surface area contributed by atoms with Crippen LogP contribution in [-0.2, 0) is 0 Å². The molecule has 0 unspecified atom stereocenters. The quantitative estimate of drug-likeness (QED) is 0.761. The number of hydrogen-bond donors (Lipinski definition) is 1. The standard InChI is InChI=1S/C17H34N2/c1-16(2,3)18-12-6-7-13-19-14-10-17(11-15-19)8-4-5-9-17/h18H,4-15H2,1-3H3. The molecule has 0 aromatic carbocycles. The van der Waals surface area contributed by atoms with E-state index in [9.17, 15) is 0 Å². The zero-order valence-corrected chi connectivity index (χ0v) is 13.4. The Morgan fingerprint density at radius 1 is 0.947 bits per heavy atom. The van der Waals surface area contributed by atoms with Gasteiger partial charge < -0.3 is 10.2 Å². The zero-order chi connectivity index (χ0) is 13.8. The van der Waals surface area contributed by atoms with Crippen molar-refractivity contribution in [3.63, 3.8) is 0 Å². The van der Waals surface area contributed by atoms with E-state index < -0.39 is 0 Å². The lowest BCUT2D eigenvalue weighted by Gasteiger charge is -2.39. The third-order valence-corrected chi connectivity index (χ3v) is 5.14. The maximum atomic E-state index is 3.58. The highest BCUT2D eigenvalue weighted by molar-refractivity contribution is 4.89. The van der Waals surface area contributed by atoms with Crippen molar-refractivity contribution in [2.45, 2.75) is 77.7 Å². The zero-order valence-electron chi connectivity index (χ0n) is 13.4.